The van der Waals surface area contributed by atoms with Crippen LogP contribution in [-0.2, 0) is 4.79 Å². The lowest BCUT2D eigenvalue weighted by molar-refractivity contribution is -0.115. The fourth-order valence-electron chi connectivity index (χ4n) is 2.44. The zero-order chi connectivity index (χ0) is 16.4. The molecule has 1 amide bonds. The summed E-state index contributed by atoms with van der Waals surface area (Å²) in [5.41, 5.74) is 4.93. The molecule has 0 saturated carbocycles. The predicted molar refractivity (Wildman–Crippen MR) is 96.0 cm³/mol. The van der Waals surface area contributed by atoms with Crippen LogP contribution in [0.3, 0.4) is 0 Å². The van der Waals surface area contributed by atoms with Crippen LogP contribution in [-0.4, -0.2) is 21.1 Å². The van der Waals surface area contributed by atoms with Crippen molar-refractivity contribution in [2.24, 2.45) is 0 Å². The number of para-hydroxylation sites is 3. The Bertz CT molecular complexity index is 803. The molecule has 23 heavy (non-hydrogen) atoms. The number of aromatic amines is 1. The normalized spacial score (nSPS) is 12.3. The second-order valence-electron chi connectivity index (χ2n) is 5.58. The number of thioether (sulfide) groups is 1. The van der Waals surface area contributed by atoms with Crippen LogP contribution in [0.2, 0.25) is 0 Å². The third-order valence-corrected chi connectivity index (χ3v) is 4.74. The van der Waals surface area contributed by atoms with E-state index < -0.39 is 0 Å². The van der Waals surface area contributed by atoms with Gasteiger partial charge >= 0.3 is 0 Å². The van der Waals surface area contributed by atoms with E-state index in [1.165, 1.54) is 11.8 Å². The molecule has 0 radical (unpaired) electrons. The monoisotopic (exact) mass is 325 g/mol. The van der Waals surface area contributed by atoms with Crippen LogP contribution >= 0.6 is 11.8 Å². The molecule has 1 heterocycles. The molecule has 0 aliphatic heterocycles. The second kappa shape index (κ2) is 6.46. The average molecular weight is 325 g/mol. The SMILES string of the molecule is Cc1cccc(C)c1NC(=O)[C@@H](C)Sc1nc2ccccc2[nH]1. The first-order chi connectivity index (χ1) is 11.0. The molecule has 2 aromatic carbocycles. The molecule has 118 valence electrons. The maximum absolute atomic E-state index is 12.5. The summed E-state index contributed by atoms with van der Waals surface area (Å²) in [6, 6.07) is 13.8. The second-order valence-corrected chi connectivity index (χ2v) is 6.90. The molecule has 3 rings (SSSR count). The molecule has 1 atom stereocenters. The molecule has 0 fully saturated rings. The molecule has 5 heteroatoms. The molecule has 0 aliphatic carbocycles. The van der Waals surface area contributed by atoms with E-state index in [0.29, 0.717) is 0 Å². The minimum absolute atomic E-state index is 0.0205. The van der Waals surface area contributed by atoms with Gasteiger partial charge in [0.1, 0.15) is 0 Å². The molecular weight excluding hydrogens is 306 g/mol. The molecular formula is C18H19N3OS. The molecule has 0 aliphatic rings. The minimum Gasteiger partial charge on any atom is -0.333 e. The number of amides is 1. The summed E-state index contributed by atoms with van der Waals surface area (Å²) in [6.45, 7) is 5.89. The van der Waals surface area contributed by atoms with E-state index in [1.54, 1.807) is 0 Å². The predicted octanol–water partition coefficient (Wildman–Crippen LogP) is 4.30. The van der Waals surface area contributed by atoms with Crippen LogP contribution in [0.5, 0.6) is 0 Å². The smallest absolute Gasteiger partial charge is 0.237 e. The quantitative estimate of drug-likeness (QED) is 0.703. The highest BCUT2D eigenvalue weighted by Crippen LogP contribution is 2.25. The van der Waals surface area contributed by atoms with Crippen molar-refractivity contribution in [2.45, 2.75) is 31.2 Å². The van der Waals surface area contributed by atoms with E-state index in [4.69, 9.17) is 0 Å². The molecule has 0 unspecified atom stereocenters. The number of imidazole rings is 1. The van der Waals surface area contributed by atoms with Crippen molar-refractivity contribution in [1.29, 1.82) is 0 Å². The van der Waals surface area contributed by atoms with Gasteiger partial charge in [-0.25, -0.2) is 4.98 Å². The lowest BCUT2D eigenvalue weighted by Gasteiger charge is -2.14. The fourth-order valence-corrected chi connectivity index (χ4v) is 3.26. The third-order valence-electron chi connectivity index (χ3n) is 3.75. The van der Waals surface area contributed by atoms with Gasteiger partial charge < -0.3 is 10.3 Å². The molecule has 1 aromatic heterocycles. The van der Waals surface area contributed by atoms with Gasteiger partial charge in [-0.05, 0) is 44.0 Å². The first kappa shape index (κ1) is 15.6. The maximum atomic E-state index is 12.5. The molecule has 0 bridgehead atoms. The van der Waals surface area contributed by atoms with Gasteiger partial charge in [-0.2, -0.15) is 0 Å². The Morgan fingerprint density at radius 3 is 2.52 bits per heavy atom. The van der Waals surface area contributed by atoms with E-state index in [9.17, 15) is 4.79 Å². The highest BCUT2D eigenvalue weighted by Gasteiger charge is 2.18. The van der Waals surface area contributed by atoms with Crippen LogP contribution in [0.1, 0.15) is 18.1 Å². The number of benzene rings is 2. The van der Waals surface area contributed by atoms with Gasteiger partial charge in [0, 0.05) is 5.69 Å². The van der Waals surface area contributed by atoms with Gasteiger partial charge in [0.15, 0.2) is 5.16 Å². The first-order valence-corrected chi connectivity index (χ1v) is 8.41. The highest BCUT2D eigenvalue weighted by molar-refractivity contribution is 8.00. The van der Waals surface area contributed by atoms with E-state index in [1.807, 2.05) is 63.2 Å². The van der Waals surface area contributed by atoms with Crippen molar-refractivity contribution in [3.8, 4) is 0 Å². The molecule has 2 N–H and O–H groups in total. The summed E-state index contributed by atoms with van der Waals surface area (Å²) >= 11 is 1.43. The first-order valence-electron chi connectivity index (χ1n) is 7.53. The summed E-state index contributed by atoms with van der Waals surface area (Å²) in [6.07, 6.45) is 0. The Morgan fingerprint density at radius 1 is 1.13 bits per heavy atom. The number of aromatic nitrogens is 2. The molecule has 4 nitrogen and oxygen atoms in total. The average Bonchev–Trinajstić information content (AvgIpc) is 2.93. The Balaban J connectivity index is 1.72. The standard InChI is InChI=1S/C18H19N3OS/c1-11-7-6-8-12(2)16(11)21-17(22)13(3)23-18-19-14-9-4-5-10-15(14)20-18/h4-10,13H,1-3H3,(H,19,20)(H,21,22)/t13-/m1/s1. The van der Waals surface area contributed by atoms with Crippen molar-refractivity contribution in [3.63, 3.8) is 0 Å². The van der Waals surface area contributed by atoms with Gasteiger partial charge in [0.05, 0.1) is 16.3 Å². The Labute approximate surface area is 139 Å². The fraction of sp³-hybridized carbons (Fsp3) is 0.222. The van der Waals surface area contributed by atoms with Crippen molar-refractivity contribution in [3.05, 3.63) is 53.6 Å². The molecule has 3 aromatic rings. The third kappa shape index (κ3) is 3.40. The number of H-pyrrole nitrogens is 1. The summed E-state index contributed by atoms with van der Waals surface area (Å²) in [7, 11) is 0. The Kier molecular flexibility index (Phi) is 4.39. The van der Waals surface area contributed by atoms with Crippen LogP contribution in [0.25, 0.3) is 11.0 Å². The van der Waals surface area contributed by atoms with E-state index >= 15 is 0 Å². The number of anilines is 1. The van der Waals surface area contributed by atoms with Gasteiger partial charge in [0.25, 0.3) is 0 Å². The highest BCUT2D eigenvalue weighted by atomic mass is 32.2. The van der Waals surface area contributed by atoms with Crippen molar-refractivity contribution in [2.75, 3.05) is 5.32 Å². The summed E-state index contributed by atoms with van der Waals surface area (Å²) in [4.78, 5) is 20.2. The van der Waals surface area contributed by atoms with Crippen molar-refractivity contribution >= 4 is 34.4 Å². The van der Waals surface area contributed by atoms with Crippen LogP contribution in [0.4, 0.5) is 5.69 Å². The Hall–Kier alpha value is -2.27. The van der Waals surface area contributed by atoms with Crippen LogP contribution in [0, 0.1) is 13.8 Å². The van der Waals surface area contributed by atoms with Crippen molar-refractivity contribution < 1.29 is 4.79 Å². The van der Waals surface area contributed by atoms with Gasteiger partial charge in [-0.15, -0.1) is 0 Å². The number of aryl methyl sites for hydroxylation is 2. The van der Waals surface area contributed by atoms with E-state index in [0.717, 1.165) is 33.0 Å². The number of hydrogen-bond acceptors (Lipinski definition) is 3. The minimum atomic E-state index is -0.241. The summed E-state index contributed by atoms with van der Waals surface area (Å²) in [5.74, 6) is -0.0205. The lowest BCUT2D eigenvalue weighted by Crippen LogP contribution is -2.23. The number of fused-ring (bicyclic) bond motifs is 1. The number of nitrogens with zero attached hydrogens (tertiary/aromatic N) is 1. The number of nitrogens with one attached hydrogen (secondary N) is 2. The van der Waals surface area contributed by atoms with Crippen LogP contribution < -0.4 is 5.32 Å². The number of carbonyl (C=O) groups excluding carboxylic acids is 1. The molecule has 0 saturated heterocycles. The number of hydrogen-bond donors (Lipinski definition) is 2. The largest absolute Gasteiger partial charge is 0.333 e. The topological polar surface area (TPSA) is 57.8 Å². The van der Waals surface area contributed by atoms with Gasteiger partial charge in [0.2, 0.25) is 5.91 Å². The van der Waals surface area contributed by atoms with Gasteiger partial charge in [-0.3, -0.25) is 4.79 Å². The lowest BCUT2D eigenvalue weighted by atomic mass is 10.1. The van der Waals surface area contributed by atoms with Gasteiger partial charge in [-0.1, -0.05) is 42.1 Å². The summed E-state index contributed by atoms with van der Waals surface area (Å²) in [5, 5.41) is 3.55. The summed E-state index contributed by atoms with van der Waals surface area (Å²) < 4.78 is 0. The van der Waals surface area contributed by atoms with Crippen molar-refractivity contribution in [1.82, 2.24) is 9.97 Å². The number of carbonyl (C=O) groups is 1. The zero-order valence-corrected chi connectivity index (χ0v) is 14.2. The molecule has 0 spiro atoms. The van der Waals surface area contributed by atoms with E-state index in [2.05, 4.69) is 15.3 Å². The Morgan fingerprint density at radius 2 is 1.83 bits per heavy atom. The number of rotatable bonds is 4. The van der Waals surface area contributed by atoms with E-state index in [-0.39, 0.29) is 11.2 Å². The zero-order valence-electron chi connectivity index (χ0n) is 13.4. The maximum Gasteiger partial charge on any atom is 0.237 e. The van der Waals surface area contributed by atoms with Crippen LogP contribution in [0.15, 0.2) is 47.6 Å².